The Balaban J connectivity index is 1.72. The van der Waals surface area contributed by atoms with Gasteiger partial charge >= 0.3 is 5.97 Å². The largest absolute Gasteiger partial charge is 0.478 e. The molecule has 0 atom stereocenters. The monoisotopic (exact) mass is 312 g/mol. The van der Waals surface area contributed by atoms with Crippen molar-refractivity contribution in [2.45, 2.75) is 10.9 Å². The highest BCUT2D eigenvalue weighted by Gasteiger charge is 2.08. The lowest BCUT2D eigenvalue weighted by Gasteiger charge is -2.05. The average Bonchev–Trinajstić information content (AvgIpc) is 3.02. The van der Waals surface area contributed by atoms with Crippen LogP contribution in [0.2, 0.25) is 0 Å². The molecule has 7 heteroatoms. The number of pyridine rings is 1. The summed E-state index contributed by atoms with van der Waals surface area (Å²) in [6, 6.07) is 10.6. The number of rotatable bonds is 5. The van der Waals surface area contributed by atoms with Gasteiger partial charge in [0.15, 0.2) is 5.16 Å². The zero-order valence-electron chi connectivity index (χ0n) is 11.5. The third-order valence-corrected chi connectivity index (χ3v) is 4.02. The number of hydrogen-bond acceptors (Lipinski definition) is 5. The topological polar surface area (TPSA) is 80.9 Å². The number of carbonyl (C=O) groups is 1. The van der Waals surface area contributed by atoms with E-state index in [1.807, 2.05) is 16.7 Å². The van der Waals surface area contributed by atoms with E-state index in [1.165, 1.54) is 11.8 Å². The van der Waals surface area contributed by atoms with Crippen LogP contribution in [0.25, 0.3) is 5.69 Å². The van der Waals surface area contributed by atoms with E-state index in [4.69, 9.17) is 5.11 Å². The first kappa shape index (κ1) is 14.3. The molecule has 0 spiro atoms. The van der Waals surface area contributed by atoms with Gasteiger partial charge in [-0.15, -0.1) is 10.2 Å². The van der Waals surface area contributed by atoms with E-state index in [9.17, 15) is 4.79 Å². The molecule has 2 aromatic heterocycles. The van der Waals surface area contributed by atoms with E-state index in [-0.39, 0.29) is 5.56 Å². The zero-order valence-corrected chi connectivity index (χ0v) is 12.3. The highest BCUT2D eigenvalue weighted by molar-refractivity contribution is 7.98. The van der Waals surface area contributed by atoms with Gasteiger partial charge in [-0.3, -0.25) is 9.55 Å². The summed E-state index contributed by atoms with van der Waals surface area (Å²) in [7, 11) is 0. The average molecular weight is 312 g/mol. The molecule has 0 unspecified atom stereocenters. The van der Waals surface area contributed by atoms with Crippen LogP contribution in [0.5, 0.6) is 0 Å². The first-order valence-electron chi connectivity index (χ1n) is 6.49. The fourth-order valence-electron chi connectivity index (χ4n) is 1.89. The molecule has 3 aromatic rings. The van der Waals surface area contributed by atoms with Crippen LogP contribution in [-0.2, 0) is 5.75 Å². The Bertz CT molecular complexity index is 772. The fraction of sp³-hybridized carbons (Fsp3) is 0.0667. The minimum Gasteiger partial charge on any atom is -0.478 e. The van der Waals surface area contributed by atoms with Crippen LogP contribution in [0.4, 0.5) is 0 Å². The van der Waals surface area contributed by atoms with Gasteiger partial charge in [0.25, 0.3) is 0 Å². The number of nitrogens with zero attached hydrogens (tertiary/aromatic N) is 4. The molecule has 0 bridgehead atoms. The maximum Gasteiger partial charge on any atom is 0.335 e. The van der Waals surface area contributed by atoms with Gasteiger partial charge in [-0.1, -0.05) is 23.9 Å². The van der Waals surface area contributed by atoms with E-state index in [1.54, 1.807) is 43.0 Å². The van der Waals surface area contributed by atoms with Gasteiger partial charge in [-0.2, -0.15) is 0 Å². The molecule has 0 fully saturated rings. The predicted octanol–water partition coefficient (Wildman–Crippen LogP) is 2.65. The van der Waals surface area contributed by atoms with Crippen LogP contribution in [-0.4, -0.2) is 30.8 Å². The summed E-state index contributed by atoms with van der Waals surface area (Å²) in [5.74, 6) is -0.241. The number of hydrogen-bond donors (Lipinski definition) is 1. The van der Waals surface area contributed by atoms with Crippen molar-refractivity contribution in [1.82, 2.24) is 19.7 Å². The van der Waals surface area contributed by atoms with Gasteiger partial charge in [0, 0.05) is 11.9 Å². The maximum absolute atomic E-state index is 10.8. The number of aromatic carboxylic acids is 1. The van der Waals surface area contributed by atoms with Crippen molar-refractivity contribution < 1.29 is 9.90 Å². The Hall–Kier alpha value is -2.67. The first-order chi connectivity index (χ1) is 10.7. The van der Waals surface area contributed by atoms with Gasteiger partial charge in [0.2, 0.25) is 0 Å². The molecule has 0 saturated carbocycles. The summed E-state index contributed by atoms with van der Waals surface area (Å²) in [4.78, 5) is 14.9. The van der Waals surface area contributed by atoms with Crippen molar-refractivity contribution in [3.8, 4) is 5.69 Å². The number of carboxylic acid groups (broad SMARTS) is 1. The second-order valence-electron chi connectivity index (χ2n) is 4.49. The Morgan fingerprint density at radius 3 is 2.73 bits per heavy atom. The fourth-order valence-corrected chi connectivity index (χ4v) is 2.77. The molecule has 2 heterocycles. The molecule has 0 radical (unpaired) electrons. The predicted molar refractivity (Wildman–Crippen MR) is 82.1 cm³/mol. The number of thioether (sulfide) groups is 1. The standard InChI is InChI=1S/C15H12N4O2S/c20-14(21)12-5-3-11(4-6-12)9-22-15-18-17-10-19(15)13-2-1-7-16-8-13/h1-8,10H,9H2,(H,20,21). The van der Waals surface area contributed by atoms with Crippen LogP contribution in [0.3, 0.4) is 0 Å². The number of carboxylic acids is 1. The minimum atomic E-state index is -0.921. The van der Waals surface area contributed by atoms with Gasteiger partial charge in [0.05, 0.1) is 17.4 Å². The SMILES string of the molecule is O=C(O)c1ccc(CSc2nncn2-c2cccnc2)cc1. The first-order valence-corrected chi connectivity index (χ1v) is 7.48. The summed E-state index contributed by atoms with van der Waals surface area (Å²) in [6.07, 6.45) is 5.10. The van der Waals surface area contributed by atoms with Gasteiger partial charge < -0.3 is 5.11 Å². The molecule has 0 aliphatic carbocycles. The smallest absolute Gasteiger partial charge is 0.335 e. The van der Waals surface area contributed by atoms with E-state index >= 15 is 0 Å². The van der Waals surface area contributed by atoms with Crippen molar-refractivity contribution >= 4 is 17.7 Å². The van der Waals surface area contributed by atoms with Gasteiger partial charge in [-0.05, 0) is 29.8 Å². The molecular weight excluding hydrogens is 300 g/mol. The van der Waals surface area contributed by atoms with Crippen molar-refractivity contribution in [2.75, 3.05) is 0 Å². The molecule has 0 aliphatic rings. The Kier molecular flexibility index (Phi) is 4.15. The molecule has 0 aliphatic heterocycles. The zero-order chi connectivity index (χ0) is 15.4. The number of benzene rings is 1. The summed E-state index contributed by atoms with van der Waals surface area (Å²) in [5, 5.41) is 17.7. The molecule has 110 valence electrons. The summed E-state index contributed by atoms with van der Waals surface area (Å²) >= 11 is 1.53. The van der Waals surface area contributed by atoms with Crippen LogP contribution in [0, 0.1) is 0 Å². The lowest BCUT2D eigenvalue weighted by molar-refractivity contribution is 0.0697. The second-order valence-corrected chi connectivity index (χ2v) is 5.43. The Morgan fingerprint density at radius 2 is 2.05 bits per heavy atom. The van der Waals surface area contributed by atoms with Crippen molar-refractivity contribution in [3.05, 3.63) is 66.2 Å². The molecular formula is C15H12N4O2S. The molecule has 1 N–H and O–H groups in total. The third-order valence-electron chi connectivity index (χ3n) is 3.01. The molecule has 0 saturated heterocycles. The molecule has 6 nitrogen and oxygen atoms in total. The van der Waals surface area contributed by atoms with Crippen LogP contribution < -0.4 is 0 Å². The maximum atomic E-state index is 10.8. The van der Waals surface area contributed by atoms with E-state index in [0.717, 1.165) is 16.4 Å². The number of aromatic nitrogens is 4. The van der Waals surface area contributed by atoms with Crippen LogP contribution >= 0.6 is 11.8 Å². The Morgan fingerprint density at radius 1 is 1.23 bits per heavy atom. The van der Waals surface area contributed by atoms with Crippen LogP contribution in [0.15, 0.2) is 60.3 Å². The van der Waals surface area contributed by atoms with Crippen LogP contribution in [0.1, 0.15) is 15.9 Å². The minimum absolute atomic E-state index is 0.285. The van der Waals surface area contributed by atoms with Crippen molar-refractivity contribution in [2.24, 2.45) is 0 Å². The molecule has 1 aromatic carbocycles. The summed E-state index contributed by atoms with van der Waals surface area (Å²) in [6.45, 7) is 0. The van der Waals surface area contributed by atoms with E-state index in [2.05, 4.69) is 15.2 Å². The van der Waals surface area contributed by atoms with Gasteiger partial charge in [0.1, 0.15) is 6.33 Å². The van der Waals surface area contributed by atoms with Crippen molar-refractivity contribution in [3.63, 3.8) is 0 Å². The highest BCUT2D eigenvalue weighted by Crippen LogP contribution is 2.23. The molecule has 22 heavy (non-hydrogen) atoms. The highest BCUT2D eigenvalue weighted by atomic mass is 32.2. The second kappa shape index (κ2) is 6.40. The summed E-state index contributed by atoms with van der Waals surface area (Å²) < 4.78 is 1.86. The normalized spacial score (nSPS) is 10.5. The molecule has 3 rings (SSSR count). The Labute approximate surface area is 130 Å². The van der Waals surface area contributed by atoms with E-state index < -0.39 is 5.97 Å². The van der Waals surface area contributed by atoms with E-state index in [0.29, 0.717) is 5.75 Å². The lowest BCUT2D eigenvalue weighted by Crippen LogP contribution is -1.97. The lowest BCUT2D eigenvalue weighted by atomic mass is 10.1. The third kappa shape index (κ3) is 3.15. The molecule has 0 amide bonds. The summed E-state index contributed by atoms with van der Waals surface area (Å²) in [5.41, 5.74) is 2.21. The van der Waals surface area contributed by atoms with Crippen molar-refractivity contribution in [1.29, 1.82) is 0 Å². The van der Waals surface area contributed by atoms with Gasteiger partial charge in [-0.25, -0.2) is 4.79 Å². The quantitative estimate of drug-likeness (QED) is 0.729.